The van der Waals surface area contributed by atoms with E-state index in [0.29, 0.717) is 5.75 Å². The number of hydrogen-bond donors (Lipinski definition) is 1. The summed E-state index contributed by atoms with van der Waals surface area (Å²) in [5.41, 5.74) is 1.84. The number of halogens is 1. The number of nitrogens with one attached hydrogen (secondary N) is 1. The molecule has 1 heterocycles. The zero-order chi connectivity index (χ0) is 19.1. The number of unbranched alkanes of at least 4 members (excludes halogenated alkanes) is 1. The Bertz CT molecular complexity index is 881. The highest BCUT2D eigenvalue weighted by Gasteiger charge is 2.15. The fourth-order valence-electron chi connectivity index (χ4n) is 2.57. The van der Waals surface area contributed by atoms with Crippen LogP contribution in [0.25, 0.3) is 11.4 Å². The third-order valence-corrected chi connectivity index (χ3v) is 5.63. The summed E-state index contributed by atoms with van der Waals surface area (Å²) in [6.07, 6.45) is 2.13. The van der Waals surface area contributed by atoms with E-state index in [4.69, 9.17) is 0 Å². The molecular formula is C20H21IN4OS. The SMILES string of the molecule is CCCCn1c(SCC(=O)Nc2ccc(I)cc2)nnc1-c1ccccc1. The van der Waals surface area contributed by atoms with E-state index in [-0.39, 0.29) is 5.91 Å². The number of hydrogen-bond acceptors (Lipinski definition) is 4. The molecule has 1 amide bonds. The van der Waals surface area contributed by atoms with Crippen LogP contribution in [0.3, 0.4) is 0 Å². The summed E-state index contributed by atoms with van der Waals surface area (Å²) in [5, 5.41) is 12.4. The molecule has 5 nitrogen and oxygen atoms in total. The fourth-order valence-corrected chi connectivity index (χ4v) is 3.70. The second-order valence-corrected chi connectivity index (χ2v) is 8.21. The van der Waals surface area contributed by atoms with E-state index in [0.717, 1.165) is 45.2 Å². The second-order valence-electron chi connectivity index (χ2n) is 6.02. The Hall–Kier alpha value is -1.87. The van der Waals surface area contributed by atoms with Gasteiger partial charge in [0.15, 0.2) is 11.0 Å². The molecule has 140 valence electrons. The number of thioether (sulfide) groups is 1. The monoisotopic (exact) mass is 492 g/mol. The molecule has 27 heavy (non-hydrogen) atoms. The minimum Gasteiger partial charge on any atom is -0.325 e. The number of amides is 1. The van der Waals surface area contributed by atoms with Crippen molar-refractivity contribution < 1.29 is 4.79 Å². The Labute approximate surface area is 177 Å². The third-order valence-electron chi connectivity index (χ3n) is 3.94. The molecule has 1 aromatic heterocycles. The van der Waals surface area contributed by atoms with Crippen LogP contribution in [0.2, 0.25) is 0 Å². The summed E-state index contributed by atoms with van der Waals surface area (Å²) in [4.78, 5) is 12.3. The number of nitrogens with zero attached hydrogens (tertiary/aromatic N) is 3. The highest BCUT2D eigenvalue weighted by molar-refractivity contribution is 14.1. The average molecular weight is 492 g/mol. The standard InChI is InChI=1S/C20H21IN4OS/c1-2-3-13-25-19(15-7-5-4-6-8-15)23-24-20(25)27-14-18(26)22-17-11-9-16(21)10-12-17/h4-12H,2-3,13-14H2,1H3,(H,22,26). The Morgan fingerprint density at radius 1 is 1.11 bits per heavy atom. The molecule has 3 rings (SSSR count). The molecular weight excluding hydrogens is 471 g/mol. The van der Waals surface area contributed by atoms with Gasteiger partial charge < -0.3 is 9.88 Å². The van der Waals surface area contributed by atoms with Gasteiger partial charge in [0.2, 0.25) is 5.91 Å². The van der Waals surface area contributed by atoms with Gasteiger partial charge in [0.25, 0.3) is 0 Å². The quantitative estimate of drug-likeness (QED) is 0.352. The molecule has 0 atom stereocenters. The van der Waals surface area contributed by atoms with Crippen LogP contribution >= 0.6 is 34.4 Å². The van der Waals surface area contributed by atoms with Gasteiger partial charge in [0.05, 0.1) is 5.75 Å². The minimum atomic E-state index is -0.0486. The van der Waals surface area contributed by atoms with E-state index in [9.17, 15) is 4.79 Å². The van der Waals surface area contributed by atoms with Gasteiger partial charge in [-0.05, 0) is 53.3 Å². The Kier molecular flexibility index (Phi) is 7.28. The Balaban J connectivity index is 1.69. The van der Waals surface area contributed by atoms with E-state index in [1.807, 2.05) is 54.6 Å². The maximum atomic E-state index is 12.3. The summed E-state index contributed by atoms with van der Waals surface area (Å²) in [6, 6.07) is 17.8. The number of aromatic nitrogens is 3. The smallest absolute Gasteiger partial charge is 0.234 e. The van der Waals surface area contributed by atoms with Gasteiger partial charge in [-0.25, -0.2) is 0 Å². The van der Waals surface area contributed by atoms with Crippen LogP contribution in [0.1, 0.15) is 19.8 Å². The molecule has 2 aromatic carbocycles. The third kappa shape index (κ3) is 5.55. The normalized spacial score (nSPS) is 10.7. The average Bonchev–Trinajstić information content (AvgIpc) is 3.10. The molecule has 0 saturated heterocycles. The molecule has 0 unspecified atom stereocenters. The first-order chi connectivity index (χ1) is 13.2. The maximum Gasteiger partial charge on any atom is 0.234 e. The lowest BCUT2D eigenvalue weighted by molar-refractivity contribution is -0.113. The fraction of sp³-hybridized carbons (Fsp3) is 0.250. The number of anilines is 1. The van der Waals surface area contributed by atoms with Crippen molar-refractivity contribution in [3.63, 3.8) is 0 Å². The van der Waals surface area contributed by atoms with Gasteiger partial charge in [0.1, 0.15) is 0 Å². The first-order valence-corrected chi connectivity index (χ1v) is 10.9. The van der Waals surface area contributed by atoms with Crippen molar-refractivity contribution in [2.24, 2.45) is 0 Å². The first kappa shape index (κ1) is 19.9. The van der Waals surface area contributed by atoms with Crippen LogP contribution in [0.4, 0.5) is 5.69 Å². The Morgan fingerprint density at radius 2 is 1.85 bits per heavy atom. The van der Waals surface area contributed by atoms with Crippen molar-refractivity contribution in [1.82, 2.24) is 14.8 Å². The Morgan fingerprint density at radius 3 is 2.56 bits per heavy atom. The topological polar surface area (TPSA) is 59.8 Å². The van der Waals surface area contributed by atoms with E-state index >= 15 is 0 Å². The highest BCUT2D eigenvalue weighted by Crippen LogP contribution is 2.24. The lowest BCUT2D eigenvalue weighted by Crippen LogP contribution is -2.14. The first-order valence-electron chi connectivity index (χ1n) is 8.84. The zero-order valence-corrected chi connectivity index (χ0v) is 18.0. The van der Waals surface area contributed by atoms with Crippen molar-refractivity contribution in [1.29, 1.82) is 0 Å². The second kappa shape index (κ2) is 9.89. The van der Waals surface area contributed by atoms with Gasteiger partial charge >= 0.3 is 0 Å². The summed E-state index contributed by atoms with van der Waals surface area (Å²) in [5.74, 6) is 1.10. The molecule has 0 aliphatic carbocycles. The van der Waals surface area contributed by atoms with Crippen LogP contribution < -0.4 is 5.32 Å². The number of rotatable bonds is 8. The van der Waals surface area contributed by atoms with Gasteiger partial charge in [-0.3, -0.25) is 4.79 Å². The van der Waals surface area contributed by atoms with E-state index in [2.05, 4.69) is 49.6 Å². The lowest BCUT2D eigenvalue weighted by Gasteiger charge is -2.10. The molecule has 3 aromatic rings. The van der Waals surface area contributed by atoms with Crippen LogP contribution in [-0.4, -0.2) is 26.4 Å². The molecule has 0 radical (unpaired) electrons. The summed E-state index contributed by atoms with van der Waals surface area (Å²) < 4.78 is 3.25. The molecule has 7 heteroatoms. The minimum absolute atomic E-state index is 0.0486. The van der Waals surface area contributed by atoms with Crippen LogP contribution in [0.15, 0.2) is 59.8 Å². The van der Waals surface area contributed by atoms with Gasteiger partial charge in [0, 0.05) is 21.4 Å². The lowest BCUT2D eigenvalue weighted by atomic mass is 10.2. The number of carbonyl (C=O) groups excluding carboxylic acids is 1. The van der Waals surface area contributed by atoms with Crippen molar-refractivity contribution in [2.45, 2.75) is 31.5 Å². The predicted octanol–water partition coefficient (Wildman–Crippen LogP) is 5.08. The summed E-state index contributed by atoms with van der Waals surface area (Å²) in [6.45, 7) is 3.00. The molecule has 0 saturated carbocycles. The summed E-state index contributed by atoms with van der Waals surface area (Å²) >= 11 is 3.66. The highest BCUT2D eigenvalue weighted by atomic mass is 127. The van der Waals surface area contributed by atoms with Crippen molar-refractivity contribution in [3.05, 3.63) is 58.2 Å². The molecule has 0 fully saturated rings. The number of carbonyl (C=O) groups is 1. The van der Waals surface area contributed by atoms with Gasteiger partial charge in [-0.15, -0.1) is 10.2 Å². The molecule has 0 aliphatic heterocycles. The largest absolute Gasteiger partial charge is 0.325 e. The molecule has 1 N–H and O–H groups in total. The van der Waals surface area contributed by atoms with Crippen molar-refractivity contribution in [3.8, 4) is 11.4 Å². The van der Waals surface area contributed by atoms with E-state index in [1.165, 1.54) is 11.8 Å². The summed E-state index contributed by atoms with van der Waals surface area (Å²) in [7, 11) is 0. The van der Waals surface area contributed by atoms with Crippen LogP contribution in [0.5, 0.6) is 0 Å². The molecule has 0 aliphatic rings. The predicted molar refractivity (Wildman–Crippen MR) is 119 cm³/mol. The molecule has 0 bridgehead atoms. The molecule has 0 spiro atoms. The zero-order valence-electron chi connectivity index (χ0n) is 15.1. The van der Waals surface area contributed by atoms with Crippen molar-refractivity contribution >= 4 is 45.9 Å². The van der Waals surface area contributed by atoms with Crippen LogP contribution in [-0.2, 0) is 11.3 Å². The van der Waals surface area contributed by atoms with E-state index in [1.54, 1.807) is 0 Å². The number of benzene rings is 2. The van der Waals surface area contributed by atoms with Crippen LogP contribution in [0, 0.1) is 3.57 Å². The van der Waals surface area contributed by atoms with Gasteiger partial charge in [-0.2, -0.15) is 0 Å². The van der Waals surface area contributed by atoms with Gasteiger partial charge in [-0.1, -0.05) is 55.4 Å². The van der Waals surface area contributed by atoms with Crippen molar-refractivity contribution in [2.75, 3.05) is 11.1 Å². The maximum absolute atomic E-state index is 12.3. The van der Waals surface area contributed by atoms with E-state index < -0.39 is 0 Å².